The van der Waals surface area contributed by atoms with Crippen molar-refractivity contribution in [3.63, 3.8) is 0 Å². The third-order valence-electron chi connectivity index (χ3n) is 2.85. The lowest BCUT2D eigenvalue weighted by Crippen LogP contribution is -2.23. The molecule has 0 spiro atoms. The number of aromatic nitrogens is 4. The highest BCUT2D eigenvalue weighted by Gasteiger charge is 2.20. The number of nitrogens with zero attached hydrogens (tertiary/aromatic N) is 4. The zero-order chi connectivity index (χ0) is 13.5. The quantitative estimate of drug-likeness (QED) is 0.841. The Kier molecular flexibility index (Phi) is 5.35. The van der Waals surface area contributed by atoms with Gasteiger partial charge in [-0.3, -0.25) is 0 Å². The van der Waals surface area contributed by atoms with E-state index in [0.29, 0.717) is 0 Å². The second kappa shape index (κ2) is 7.25. The second-order valence-electron chi connectivity index (χ2n) is 4.39. The molecule has 1 unspecified atom stereocenters. The minimum absolute atomic E-state index is 0.0997. The predicted molar refractivity (Wildman–Crippen MR) is 76.1 cm³/mol. The SMILES string of the molecule is CCCNC(c1cncnc1)c1snnc1CCC. The molecule has 0 fully saturated rings. The highest BCUT2D eigenvalue weighted by molar-refractivity contribution is 7.05. The smallest absolute Gasteiger partial charge is 0.115 e. The number of aryl methyl sites for hydroxylation is 1. The van der Waals surface area contributed by atoms with Gasteiger partial charge in [0.1, 0.15) is 6.33 Å². The lowest BCUT2D eigenvalue weighted by Gasteiger charge is -2.17. The monoisotopic (exact) mass is 277 g/mol. The minimum Gasteiger partial charge on any atom is -0.305 e. The second-order valence-corrected chi connectivity index (χ2v) is 5.18. The van der Waals surface area contributed by atoms with Gasteiger partial charge in [0.25, 0.3) is 0 Å². The van der Waals surface area contributed by atoms with Crippen LogP contribution in [0.15, 0.2) is 18.7 Å². The molecule has 0 aliphatic heterocycles. The maximum absolute atomic E-state index is 4.25. The van der Waals surface area contributed by atoms with E-state index in [4.69, 9.17) is 0 Å². The summed E-state index contributed by atoms with van der Waals surface area (Å²) in [6, 6.07) is 0.0997. The molecule has 0 aromatic carbocycles. The van der Waals surface area contributed by atoms with Gasteiger partial charge in [-0.25, -0.2) is 9.97 Å². The van der Waals surface area contributed by atoms with Crippen molar-refractivity contribution in [2.45, 2.75) is 39.2 Å². The Bertz CT molecular complexity index is 485. The van der Waals surface area contributed by atoms with Crippen LogP contribution in [0, 0.1) is 0 Å². The standard InChI is InChI=1S/C13H19N5S/c1-3-5-11-13(19-18-17-11)12(16-6-4-2)10-7-14-9-15-8-10/h7-9,12,16H,3-6H2,1-2H3. The van der Waals surface area contributed by atoms with E-state index in [0.717, 1.165) is 37.1 Å². The first-order valence-electron chi connectivity index (χ1n) is 6.66. The number of hydrogen-bond acceptors (Lipinski definition) is 6. The first-order valence-corrected chi connectivity index (χ1v) is 7.43. The van der Waals surface area contributed by atoms with Crippen LogP contribution in [0.4, 0.5) is 0 Å². The third kappa shape index (κ3) is 3.54. The predicted octanol–water partition coefficient (Wildman–Crippen LogP) is 2.37. The lowest BCUT2D eigenvalue weighted by atomic mass is 10.1. The van der Waals surface area contributed by atoms with Crippen LogP contribution in [-0.2, 0) is 6.42 Å². The molecular formula is C13H19N5S. The summed E-state index contributed by atoms with van der Waals surface area (Å²) < 4.78 is 4.11. The Hall–Kier alpha value is -1.40. The first kappa shape index (κ1) is 14.0. The van der Waals surface area contributed by atoms with Crippen molar-refractivity contribution in [3.8, 4) is 0 Å². The first-order chi connectivity index (χ1) is 9.36. The number of hydrogen-bond donors (Lipinski definition) is 1. The van der Waals surface area contributed by atoms with Crippen LogP contribution in [0.5, 0.6) is 0 Å². The van der Waals surface area contributed by atoms with Crippen LogP contribution in [0.3, 0.4) is 0 Å². The molecule has 6 heteroatoms. The molecule has 0 aliphatic rings. The molecule has 102 valence electrons. The van der Waals surface area contributed by atoms with Crippen LogP contribution < -0.4 is 5.32 Å². The highest BCUT2D eigenvalue weighted by Crippen LogP contribution is 2.27. The molecule has 2 rings (SSSR count). The maximum atomic E-state index is 4.25. The van der Waals surface area contributed by atoms with Gasteiger partial charge >= 0.3 is 0 Å². The van der Waals surface area contributed by atoms with Gasteiger partial charge in [-0.1, -0.05) is 24.8 Å². The molecule has 2 aromatic rings. The zero-order valence-electron chi connectivity index (χ0n) is 11.3. The van der Waals surface area contributed by atoms with Crippen LogP contribution >= 0.6 is 11.5 Å². The van der Waals surface area contributed by atoms with Crippen LogP contribution in [0.1, 0.15) is 48.9 Å². The highest BCUT2D eigenvalue weighted by atomic mass is 32.1. The van der Waals surface area contributed by atoms with Crippen molar-refractivity contribution >= 4 is 11.5 Å². The summed E-state index contributed by atoms with van der Waals surface area (Å²) in [5.74, 6) is 0. The number of nitrogens with one attached hydrogen (secondary N) is 1. The van der Waals surface area contributed by atoms with Gasteiger partial charge in [0.05, 0.1) is 16.6 Å². The Balaban J connectivity index is 2.29. The van der Waals surface area contributed by atoms with E-state index in [1.165, 1.54) is 16.4 Å². The van der Waals surface area contributed by atoms with E-state index >= 15 is 0 Å². The molecule has 5 nitrogen and oxygen atoms in total. The Morgan fingerprint density at radius 2 is 2.00 bits per heavy atom. The van der Waals surface area contributed by atoms with Crippen molar-refractivity contribution in [3.05, 3.63) is 34.9 Å². The topological polar surface area (TPSA) is 63.6 Å². The largest absolute Gasteiger partial charge is 0.305 e. The number of rotatable bonds is 7. The zero-order valence-corrected chi connectivity index (χ0v) is 12.2. The molecule has 1 N–H and O–H groups in total. The van der Waals surface area contributed by atoms with Crippen molar-refractivity contribution in [1.29, 1.82) is 0 Å². The maximum Gasteiger partial charge on any atom is 0.115 e. The van der Waals surface area contributed by atoms with E-state index in [2.05, 4.69) is 38.7 Å². The van der Waals surface area contributed by atoms with Crippen molar-refractivity contribution in [2.24, 2.45) is 0 Å². The molecule has 0 saturated carbocycles. The Morgan fingerprint density at radius 1 is 1.21 bits per heavy atom. The molecule has 19 heavy (non-hydrogen) atoms. The van der Waals surface area contributed by atoms with E-state index in [1.807, 2.05) is 12.4 Å². The fourth-order valence-corrected chi connectivity index (χ4v) is 2.76. The molecule has 0 saturated heterocycles. The van der Waals surface area contributed by atoms with Gasteiger partial charge in [-0.05, 0) is 30.9 Å². The summed E-state index contributed by atoms with van der Waals surface area (Å²) in [5.41, 5.74) is 2.16. The fraction of sp³-hybridized carbons (Fsp3) is 0.538. The van der Waals surface area contributed by atoms with Crippen LogP contribution in [0.25, 0.3) is 0 Å². The molecule has 0 amide bonds. The average molecular weight is 277 g/mol. The fourth-order valence-electron chi connectivity index (χ4n) is 1.96. The molecule has 2 aromatic heterocycles. The molecule has 0 radical (unpaired) electrons. The Labute approximate surface area is 117 Å². The summed E-state index contributed by atoms with van der Waals surface area (Å²) in [5, 5.41) is 7.79. The summed E-state index contributed by atoms with van der Waals surface area (Å²) in [4.78, 5) is 9.41. The summed E-state index contributed by atoms with van der Waals surface area (Å²) in [6.07, 6.45) is 8.39. The van der Waals surface area contributed by atoms with Gasteiger partial charge in [0.2, 0.25) is 0 Å². The molecule has 0 bridgehead atoms. The van der Waals surface area contributed by atoms with Crippen molar-refractivity contribution in [2.75, 3.05) is 6.54 Å². The van der Waals surface area contributed by atoms with E-state index in [-0.39, 0.29) is 6.04 Å². The van der Waals surface area contributed by atoms with Crippen LogP contribution in [-0.4, -0.2) is 26.1 Å². The molecular weight excluding hydrogens is 258 g/mol. The summed E-state index contributed by atoms with van der Waals surface area (Å²) in [6.45, 7) is 5.26. The summed E-state index contributed by atoms with van der Waals surface area (Å²) in [7, 11) is 0. The van der Waals surface area contributed by atoms with Crippen LogP contribution in [0.2, 0.25) is 0 Å². The molecule has 1 atom stereocenters. The van der Waals surface area contributed by atoms with E-state index < -0.39 is 0 Å². The van der Waals surface area contributed by atoms with Crippen molar-refractivity contribution in [1.82, 2.24) is 24.9 Å². The normalized spacial score (nSPS) is 12.5. The van der Waals surface area contributed by atoms with Gasteiger partial charge < -0.3 is 5.32 Å². The van der Waals surface area contributed by atoms with Crippen molar-refractivity contribution < 1.29 is 0 Å². The molecule has 2 heterocycles. The van der Waals surface area contributed by atoms with Gasteiger partial charge in [-0.2, -0.15) is 0 Å². The van der Waals surface area contributed by atoms with E-state index in [1.54, 1.807) is 6.33 Å². The summed E-state index contributed by atoms with van der Waals surface area (Å²) >= 11 is 1.46. The van der Waals surface area contributed by atoms with Gasteiger partial charge in [0, 0.05) is 18.0 Å². The molecule has 0 aliphatic carbocycles. The van der Waals surface area contributed by atoms with Gasteiger partial charge in [0.15, 0.2) is 0 Å². The minimum atomic E-state index is 0.0997. The van der Waals surface area contributed by atoms with Gasteiger partial charge in [-0.15, -0.1) is 5.10 Å². The van der Waals surface area contributed by atoms with E-state index in [9.17, 15) is 0 Å². The lowest BCUT2D eigenvalue weighted by molar-refractivity contribution is 0.596. The average Bonchev–Trinajstić information content (AvgIpc) is 2.89. The third-order valence-corrected chi connectivity index (χ3v) is 3.68. The Morgan fingerprint density at radius 3 is 2.68 bits per heavy atom.